The highest BCUT2D eigenvalue weighted by atomic mass is 32.1. The standard InChI is InChI=1S/C17H16O2S3/c1-9-5-12(20-8-9)13-6-10(2)15(21-13)16-11(3)7-14(22-16)17(18)19-4/h5-8H,1-4H3. The first-order chi connectivity index (χ1) is 10.5. The van der Waals surface area contributed by atoms with E-state index in [4.69, 9.17) is 4.74 Å². The fourth-order valence-electron chi connectivity index (χ4n) is 2.30. The molecule has 0 radical (unpaired) electrons. The lowest BCUT2D eigenvalue weighted by molar-refractivity contribution is 0.0606. The second-order valence-corrected chi connectivity index (χ2v) is 8.24. The normalized spacial score (nSPS) is 10.9. The first-order valence-corrected chi connectivity index (χ1v) is 9.36. The molecule has 0 aromatic carbocycles. The van der Waals surface area contributed by atoms with Gasteiger partial charge in [-0.2, -0.15) is 0 Å². The van der Waals surface area contributed by atoms with Gasteiger partial charge in [0.2, 0.25) is 0 Å². The minimum Gasteiger partial charge on any atom is -0.465 e. The van der Waals surface area contributed by atoms with Crippen LogP contribution in [-0.4, -0.2) is 13.1 Å². The van der Waals surface area contributed by atoms with Crippen LogP contribution in [0, 0.1) is 20.8 Å². The van der Waals surface area contributed by atoms with E-state index >= 15 is 0 Å². The van der Waals surface area contributed by atoms with Gasteiger partial charge < -0.3 is 4.74 Å². The highest BCUT2D eigenvalue weighted by Gasteiger charge is 2.18. The summed E-state index contributed by atoms with van der Waals surface area (Å²) in [5.41, 5.74) is 3.68. The molecule has 0 atom stereocenters. The molecule has 0 aliphatic rings. The number of esters is 1. The van der Waals surface area contributed by atoms with Crippen LogP contribution in [0.4, 0.5) is 0 Å². The van der Waals surface area contributed by atoms with Gasteiger partial charge in [0.15, 0.2) is 0 Å². The number of rotatable bonds is 3. The molecule has 0 fully saturated rings. The van der Waals surface area contributed by atoms with Gasteiger partial charge in [-0.3, -0.25) is 0 Å². The summed E-state index contributed by atoms with van der Waals surface area (Å²) in [4.78, 5) is 17.4. The molecule has 2 nitrogen and oxygen atoms in total. The largest absolute Gasteiger partial charge is 0.465 e. The highest BCUT2D eigenvalue weighted by Crippen LogP contribution is 2.43. The summed E-state index contributed by atoms with van der Waals surface area (Å²) >= 11 is 5.08. The van der Waals surface area contributed by atoms with Gasteiger partial charge in [0.25, 0.3) is 0 Å². The SMILES string of the molecule is COC(=O)c1cc(C)c(-c2sc(-c3cc(C)cs3)cc2C)s1. The van der Waals surface area contributed by atoms with Crippen LogP contribution in [0.15, 0.2) is 23.6 Å². The zero-order valence-corrected chi connectivity index (χ0v) is 15.3. The van der Waals surface area contributed by atoms with E-state index < -0.39 is 0 Å². The smallest absolute Gasteiger partial charge is 0.348 e. The monoisotopic (exact) mass is 348 g/mol. The minimum absolute atomic E-state index is 0.261. The Labute approximate surface area is 142 Å². The second-order valence-electron chi connectivity index (χ2n) is 5.23. The summed E-state index contributed by atoms with van der Waals surface area (Å²) in [6.45, 7) is 6.30. The second kappa shape index (κ2) is 5.99. The number of ether oxygens (including phenoxy) is 1. The van der Waals surface area contributed by atoms with Gasteiger partial charge in [-0.05, 0) is 61.0 Å². The molecular formula is C17H16O2S3. The molecule has 5 heteroatoms. The Morgan fingerprint density at radius 1 is 0.955 bits per heavy atom. The van der Waals surface area contributed by atoms with Crippen molar-refractivity contribution in [1.82, 2.24) is 0 Å². The number of thiophene rings is 3. The van der Waals surface area contributed by atoms with Crippen molar-refractivity contribution in [3.8, 4) is 19.5 Å². The van der Waals surface area contributed by atoms with Crippen LogP contribution in [0.3, 0.4) is 0 Å². The van der Waals surface area contributed by atoms with E-state index in [1.54, 1.807) is 22.7 Å². The summed E-state index contributed by atoms with van der Waals surface area (Å²) in [5, 5.41) is 2.18. The van der Waals surface area contributed by atoms with Gasteiger partial charge in [0.1, 0.15) is 4.88 Å². The van der Waals surface area contributed by atoms with E-state index in [1.165, 1.54) is 49.1 Å². The van der Waals surface area contributed by atoms with E-state index in [-0.39, 0.29) is 5.97 Å². The first kappa shape index (κ1) is 15.5. The zero-order chi connectivity index (χ0) is 15.9. The predicted molar refractivity (Wildman–Crippen MR) is 96.5 cm³/mol. The Kier molecular flexibility index (Phi) is 4.21. The summed E-state index contributed by atoms with van der Waals surface area (Å²) in [5.74, 6) is -0.261. The molecule has 0 aliphatic carbocycles. The Morgan fingerprint density at radius 2 is 1.64 bits per heavy atom. The Bertz CT molecular complexity index is 836. The van der Waals surface area contributed by atoms with Crippen LogP contribution in [0.2, 0.25) is 0 Å². The molecule has 3 aromatic rings. The number of hydrogen-bond donors (Lipinski definition) is 0. The zero-order valence-electron chi connectivity index (χ0n) is 12.9. The summed E-state index contributed by atoms with van der Waals surface area (Å²) < 4.78 is 4.82. The Balaban J connectivity index is 2.04. The van der Waals surface area contributed by atoms with Gasteiger partial charge in [0, 0.05) is 19.5 Å². The van der Waals surface area contributed by atoms with E-state index in [0.717, 1.165) is 5.56 Å². The van der Waals surface area contributed by atoms with Crippen LogP contribution in [0.25, 0.3) is 19.5 Å². The summed E-state index contributed by atoms with van der Waals surface area (Å²) in [6.07, 6.45) is 0. The highest BCUT2D eigenvalue weighted by molar-refractivity contribution is 7.26. The molecule has 114 valence electrons. The maximum Gasteiger partial charge on any atom is 0.348 e. The van der Waals surface area contributed by atoms with Crippen molar-refractivity contribution in [3.05, 3.63) is 45.1 Å². The molecule has 3 rings (SSSR count). The molecular weight excluding hydrogens is 332 g/mol. The summed E-state index contributed by atoms with van der Waals surface area (Å²) in [6, 6.07) is 6.38. The predicted octanol–water partition coefficient (Wildman–Crippen LogP) is 5.92. The Hall–Kier alpha value is -1.43. The van der Waals surface area contributed by atoms with Gasteiger partial charge in [0.05, 0.1) is 7.11 Å². The van der Waals surface area contributed by atoms with Gasteiger partial charge in [-0.25, -0.2) is 4.79 Å². The average Bonchev–Trinajstić information content (AvgIpc) is 3.17. The lowest BCUT2D eigenvalue weighted by Gasteiger charge is -1.97. The number of hydrogen-bond acceptors (Lipinski definition) is 5. The maximum atomic E-state index is 11.7. The molecule has 0 amide bonds. The fourth-order valence-corrected chi connectivity index (χ4v) is 5.81. The van der Waals surface area contributed by atoms with Crippen molar-refractivity contribution in [2.24, 2.45) is 0 Å². The molecule has 0 spiro atoms. The summed E-state index contributed by atoms with van der Waals surface area (Å²) in [7, 11) is 1.42. The lowest BCUT2D eigenvalue weighted by Crippen LogP contribution is -1.96. The van der Waals surface area contributed by atoms with Crippen LogP contribution in [-0.2, 0) is 4.74 Å². The topological polar surface area (TPSA) is 26.3 Å². The molecule has 0 N–H and O–H groups in total. The third kappa shape index (κ3) is 2.76. The van der Waals surface area contributed by atoms with E-state index in [1.807, 2.05) is 13.0 Å². The van der Waals surface area contributed by atoms with Crippen molar-refractivity contribution in [2.45, 2.75) is 20.8 Å². The first-order valence-electron chi connectivity index (χ1n) is 6.84. The Morgan fingerprint density at radius 3 is 2.27 bits per heavy atom. The van der Waals surface area contributed by atoms with Crippen molar-refractivity contribution in [3.63, 3.8) is 0 Å². The number of carbonyl (C=O) groups is 1. The third-order valence-electron chi connectivity index (χ3n) is 3.40. The van der Waals surface area contributed by atoms with Crippen LogP contribution in [0.5, 0.6) is 0 Å². The number of carbonyl (C=O) groups excluding carboxylic acids is 1. The molecule has 0 saturated carbocycles. The van der Waals surface area contributed by atoms with Crippen LogP contribution < -0.4 is 0 Å². The maximum absolute atomic E-state index is 11.7. The molecule has 3 heterocycles. The molecule has 0 saturated heterocycles. The van der Waals surface area contributed by atoms with Gasteiger partial charge in [-0.15, -0.1) is 34.0 Å². The lowest BCUT2D eigenvalue weighted by atomic mass is 10.2. The van der Waals surface area contributed by atoms with Crippen LogP contribution >= 0.6 is 34.0 Å². The third-order valence-corrected chi connectivity index (χ3v) is 7.26. The molecule has 22 heavy (non-hydrogen) atoms. The van der Waals surface area contributed by atoms with Crippen molar-refractivity contribution < 1.29 is 9.53 Å². The molecule has 0 aliphatic heterocycles. The van der Waals surface area contributed by atoms with Crippen LogP contribution in [0.1, 0.15) is 26.4 Å². The van der Waals surface area contributed by atoms with Crippen molar-refractivity contribution >= 4 is 40.0 Å². The van der Waals surface area contributed by atoms with E-state index in [9.17, 15) is 4.79 Å². The molecule has 0 bridgehead atoms. The van der Waals surface area contributed by atoms with Gasteiger partial charge >= 0.3 is 5.97 Å². The average molecular weight is 349 g/mol. The molecule has 3 aromatic heterocycles. The minimum atomic E-state index is -0.261. The fraction of sp³-hybridized carbons (Fsp3) is 0.235. The number of aryl methyl sites for hydroxylation is 3. The van der Waals surface area contributed by atoms with Crippen molar-refractivity contribution in [2.75, 3.05) is 7.11 Å². The van der Waals surface area contributed by atoms with Gasteiger partial charge in [-0.1, -0.05) is 0 Å². The quantitative estimate of drug-likeness (QED) is 0.549. The number of methoxy groups -OCH3 is 1. The van der Waals surface area contributed by atoms with Crippen molar-refractivity contribution in [1.29, 1.82) is 0 Å². The van der Waals surface area contributed by atoms with E-state index in [0.29, 0.717) is 4.88 Å². The van der Waals surface area contributed by atoms with E-state index in [2.05, 4.69) is 31.4 Å². The molecule has 0 unspecified atom stereocenters.